The summed E-state index contributed by atoms with van der Waals surface area (Å²) < 4.78 is 0. The molecule has 1 aliphatic rings. The fourth-order valence-corrected chi connectivity index (χ4v) is 2.65. The van der Waals surface area contributed by atoms with Crippen LogP contribution in [0.2, 0.25) is 0 Å². The molecule has 4 heteroatoms. The Morgan fingerprint density at radius 1 is 1.42 bits per heavy atom. The molecule has 1 heterocycles. The number of aryl methyl sites for hydroxylation is 1. The summed E-state index contributed by atoms with van der Waals surface area (Å²) in [4.78, 5) is 15.1. The summed E-state index contributed by atoms with van der Waals surface area (Å²) in [5.74, 6) is -0.755. The number of nitrogens with zero attached hydrogens (tertiary/aromatic N) is 2. The van der Waals surface area contributed by atoms with Gasteiger partial charge in [0, 0.05) is 24.8 Å². The molecule has 104 valence electrons. The van der Waals surface area contributed by atoms with Gasteiger partial charge in [0.15, 0.2) is 0 Å². The normalized spacial score (nSPS) is 19.7. The number of benzene rings is 1. The molecule has 4 nitrogen and oxygen atoms in total. The Morgan fingerprint density at radius 3 is 2.74 bits per heavy atom. The second kappa shape index (κ2) is 6.06. The zero-order chi connectivity index (χ0) is 13.8. The van der Waals surface area contributed by atoms with Crippen LogP contribution < -0.4 is 4.90 Å². The summed E-state index contributed by atoms with van der Waals surface area (Å²) in [6.07, 6.45) is 2.19. The summed E-state index contributed by atoms with van der Waals surface area (Å²) in [7, 11) is 1.90. The van der Waals surface area contributed by atoms with Gasteiger partial charge in [-0.1, -0.05) is 17.7 Å². The summed E-state index contributed by atoms with van der Waals surface area (Å²) in [6.45, 7) is 4.17. The van der Waals surface area contributed by atoms with E-state index in [2.05, 4.69) is 36.1 Å². The first-order chi connectivity index (χ1) is 9.06. The van der Waals surface area contributed by atoms with E-state index in [4.69, 9.17) is 5.11 Å². The van der Waals surface area contributed by atoms with Gasteiger partial charge in [0.25, 0.3) is 0 Å². The zero-order valence-electron chi connectivity index (χ0n) is 11.7. The number of hydrogen-bond donors (Lipinski definition) is 1. The second-order valence-corrected chi connectivity index (χ2v) is 5.39. The smallest absolute Gasteiger partial charge is 0.317 e. The van der Waals surface area contributed by atoms with Gasteiger partial charge in [0.05, 0.1) is 6.54 Å². The number of carbonyl (C=O) groups is 1. The lowest BCUT2D eigenvalue weighted by Crippen LogP contribution is -2.48. The number of likely N-dealkylation sites (N-methyl/N-ethyl adjacent to an activating group) is 1. The van der Waals surface area contributed by atoms with Crippen molar-refractivity contribution < 1.29 is 9.90 Å². The minimum atomic E-state index is -0.755. The van der Waals surface area contributed by atoms with Crippen molar-refractivity contribution in [2.45, 2.75) is 25.8 Å². The summed E-state index contributed by atoms with van der Waals surface area (Å²) in [5.41, 5.74) is 2.50. The number of carboxylic acid groups (broad SMARTS) is 1. The van der Waals surface area contributed by atoms with Gasteiger partial charge in [-0.15, -0.1) is 0 Å². The van der Waals surface area contributed by atoms with Crippen LogP contribution in [0, 0.1) is 6.92 Å². The van der Waals surface area contributed by atoms with Gasteiger partial charge in [-0.25, -0.2) is 0 Å². The maximum atomic E-state index is 10.8. The van der Waals surface area contributed by atoms with Crippen molar-refractivity contribution >= 4 is 11.7 Å². The van der Waals surface area contributed by atoms with Gasteiger partial charge in [-0.3, -0.25) is 9.69 Å². The van der Waals surface area contributed by atoms with Crippen LogP contribution in [0.25, 0.3) is 0 Å². The molecule has 0 aromatic heterocycles. The summed E-state index contributed by atoms with van der Waals surface area (Å²) in [6, 6.07) is 8.87. The van der Waals surface area contributed by atoms with Crippen molar-refractivity contribution in [2.75, 3.05) is 31.6 Å². The average molecular weight is 262 g/mol. The Kier molecular flexibility index (Phi) is 4.43. The highest BCUT2D eigenvalue weighted by Gasteiger charge is 2.24. The molecule has 1 aromatic rings. The fourth-order valence-electron chi connectivity index (χ4n) is 2.65. The molecule has 1 N–H and O–H groups in total. The highest BCUT2D eigenvalue weighted by Crippen LogP contribution is 2.22. The third-order valence-electron chi connectivity index (χ3n) is 3.80. The van der Waals surface area contributed by atoms with E-state index in [0.717, 1.165) is 25.9 Å². The molecule has 1 fully saturated rings. The molecular weight excluding hydrogens is 240 g/mol. The van der Waals surface area contributed by atoms with E-state index in [1.54, 1.807) is 0 Å². The van der Waals surface area contributed by atoms with Crippen LogP contribution in [0.4, 0.5) is 5.69 Å². The Morgan fingerprint density at radius 2 is 2.11 bits per heavy atom. The first-order valence-electron chi connectivity index (χ1n) is 6.80. The van der Waals surface area contributed by atoms with Crippen molar-refractivity contribution in [3.63, 3.8) is 0 Å². The highest BCUT2D eigenvalue weighted by molar-refractivity contribution is 5.69. The quantitative estimate of drug-likeness (QED) is 0.901. The zero-order valence-corrected chi connectivity index (χ0v) is 11.7. The Labute approximate surface area is 114 Å². The first kappa shape index (κ1) is 13.9. The standard InChI is InChI=1S/C15H22N2O2/c1-12-5-7-13(8-6-12)17-9-3-4-14(10-17)16(2)11-15(18)19/h5-8,14H,3-4,9-11H2,1-2H3,(H,18,19). The van der Waals surface area contributed by atoms with Crippen LogP contribution in [-0.2, 0) is 4.79 Å². The molecule has 1 saturated heterocycles. The predicted molar refractivity (Wildman–Crippen MR) is 76.7 cm³/mol. The Bertz CT molecular complexity index is 430. The number of rotatable bonds is 4. The number of carboxylic acids is 1. The molecule has 1 atom stereocenters. The molecule has 0 amide bonds. The van der Waals surface area contributed by atoms with Gasteiger partial charge in [-0.05, 0) is 38.9 Å². The lowest BCUT2D eigenvalue weighted by atomic mass is 10.0. The van der Waals surface area contributed by atoms with Crippen molar-refractivity contribution in [1.29, 1.82) is 0 Å². The number of anilines is 1. The number of aliphatic carboxylic acids is 1. The van der Waals surface area contributed by atoms with E-state index in [1.165, 1.54) is 11.3 Å². The van der Waals surface area contributed by atoms with E-state index in [1.807, 2.05) is 11.9 Å². The fraction of sp³-hybridized carbons (Fsp3) is 0.533. The molecular formula is C15H22N2O2. The largest absolute Gasteiger partial charge is 0.480 e. The average Bonchev–Trinajstić information content (AvgIpc) is 2.39. The summed E-state index contributed by atoms with van der Waals surface area (Å²) >= 11 is 0. The Balaban J connectivity index is 2.00. The highest BCUT2D eigenvalue weighted by atomic mass is 16.4. The van der Waals surface area contributed by atoms with Crippen LogP contribution in [0.15, 0.2) is 24.3 Å². The number of piperidine rings is 1. The van der Waals surface area contributed by atoms with Crippen LogP contribution in [0.3, 0.4) is 0 Å². The Hall–Kier alpha value is -1.55. The van der Waals surface area contributed by atoms with E-state index in [9.17, 15) is 4.79 Å². The van der Waals surface area contributed by atoms with E-state index >= 15 is 0 Å². The lowest BCUT2D eigenvalue weighted by Gasteiger charge is -2.38. The first-order valence-corrected chi connectivity index (χ1v) is 6.80. The third-order valence-corrected chi connectivity index (χ3v) is 3.80. The lowest BCUT2D eigenvalue weighted by molar-refractivity contribution is -0.138. The molecule has 0 bridgehead atoms. The van der Waals surface area contributed by atoms with Crippen molar-refractivity contribution in [2.24, 2.45) is 0 Å². The molecule has 0 radical (unpaired) electrons. The molecule has 0 spiro atoms. The molecule has 1 aliphatic heterocycles. The van der Waals surface area contributed by atoms with Gasteiger partial charge >= 0.3 is 5.97 Å². The molecule has 1 unspecified atom stereocenters. The monoisotopic (exact) mass is 262 g/mol. The van der Waals surface area contributed by atoms with Crippen molar-refractivity contribution in [3.05, 3.63) is 29.8 Å². The van der Waals surface area contributed by atoms with Crippen molar-refractivity contribution in [1.82, 2.24) is 4.90 Å². The topological polar surface area (TPSA) is 43.8 Å². The maximum Gasteiger partial charge on any atom is 0.317 e. The van der Waals surface area contributed by atoms with E-state index < -0.39 is 5.97 Å². The minimum Gasteiger partial charge on any atom is -0.480 e. The van der Waals surface area contributed by atoms with Crippen LogP contribution in [0.5, 0.6) is 0 Å². The van der Waals surface area contributed by atoms with Crippen molar-refractivity contribution in [3.8, 4) is 0 Å². The van der Waals surface area contributed by atoms with Gasteiger partial charge < -0.3 is 10.0 Å². The van der Waals surface area contributed by atoms with E-state index in [-0.39, 0.29) is 6.54 Å². The predicted octanol–water partition coefficient (Wildman–Crippen LogP) is 1.98. The summed E-state index contributed by atoms with van der Waals surface area (Å²) in [5, 5.41) is 8.87. The van der Waals surface area contributed by atoms with Crippen LogP contribution >= 0.6 is 0 Å². The number of hydrogen-bond acceptors (Lipinski definition) is 3. The molecule has 0 saturated carbocycles. The van der Waals surface area contributed by atoms with Gasteiger partial charge in [-0.2, -0.15) is 0 Å². The minimum absolute atomic E-state index is 0.117. The van der Waals surface area contributed by atoms with Crippen LogP contribution in [0.1, 0.15) is 18.4 Å². The SMILES string of the molecule is Cc1ccc(N2CCCC(N(C)CC(=O)O)C2)cc1. The second-order valence-electron chi connectivity index (χ2n) is 5.39. The van der Waals surface area contributed by atoms with Gasteiger partial charge in [0.2, 0.25) is 0 Å². The molecule has 2 rings (SSSR count). The molecule has 0 aliphatic carbocycles. The van der Waals surface area contributed by atoms with Crippen LogP contribution in [-0.4, -0.2) is 48.7 Å². The molecule has 1 aromatic carbocycles. The molecule has 19 heavy (non-hydrogen) atoms. The third kappa shape index (κ3) is 3.70. The maximum absolute atomic E-state index is 10.8. The van der Waals surface area contributed by atoms with E-state index in [0.29, 0.717) is 6.04 Å². The van der Waals surface area contributed by atoms with Gasteiger partial charge in [0.1, 0.15) is 0 Å².